The van der Waals surface area contributed by atoms with E-state index in [1.807, 2.05) is 6.92 Å². The standard InChI is InChI=1S/C12H15BrFNO2S/c1-9-3-2-6-15(8-9)18(16,17)10-4-5-11(13)12(14)7-10/h4-5,7,9H,2-3,6,8H2,1H3. The maximum atomic E-state index is 13.4. The Kier molecular flexibility index (Phi) is 4.08. The van der Waals surface area contributed by atoms with Crippen LogP contribution in [0.1, 0.15) is 19.8 Å². The number of halogens is 2. The van der Waals surface area contributed by atoms with Crippen molar-refractivity contribution >= 4 is 26.0 Å². The van der Waals surface area contributed by atoms with Crippen LogP contribution in [0.5, 0.6) is 0 Å². The Hall–Kier alpha value is -0.460. The number of piperidine rings is 1. The largest absolute Gasteiger partial charge is 0.243 e. The molecule has 1 aromatic carbocycles. The zero-order valence-electron chi connectivity index (χ0n) is 10.1. The summed E-state index contributed by atoms with van der Waals surface area (Å²) in [5.41, 5.74) is 0. The van der Waals surface area contributed by atoms with Gasteiger partial charge in [-0.15, -0.1) is 0 Å². The minimum absolute atomic E-state index is 0.0253. The van der Waals surface area contributed by atoms with Gasteiger partial charge in [0.15, 0.2) is 0 Å². The minimum atomic E-state index is -3.56. The summed E-state index contributed by atoms with van der Waals surface area (Å²) in [6.07, 6.45) is 1.90. The van der Waals surface area contributed by atoms with Crippen LogP contribution in [-0.2, 0) is 10.0 Å². The lowest BCUT2D eigenvalue weighted by Crippen LogP contribution is -2.39. The summed E-state index contributed by atoms with van der Waals surface area (Å²) in [6.45, 7) is 3.06. The molecule has 1 unspecified atom stereocenters. The van der Waals surface area contributed by atoms with Crippen LogP contribution >= 0.6 is 15.9 Å². The Balaban J connectivity index is 2.32. The van der Waals surface area contributed by atoms with Crippen LogP contribution in [0, 0.1) is 11.7 Å². The fraction of sp³-hybridized carbons (Fsp3) is 0.500. The number of hydrogen-bond acceptors (Lipinski definition) is 2. The van der Waals surface area contributed by atoms with Crippen molar-refractivity contribution in [2.75, 3.05) is 13.1 Å². The van der Waals surface area contributed by atoms with Crippen molar-refractivity contribution in [3.63, 3.8) is 0 Å². The number of sulfonamides is 1. The van der Waals surface area contributed by atoms with Crippen LogP contribution in [0.15, 0.2) is 27.6 Å². The van der Waals surface area contributed by atoms with E-state index in [4.69, 9.17) is 0 Å². The summed E-state index contributed by atoms with van der Waals surface area (Å²) in [5, 5.41) is 0. The Bertz CT molecular complexity index is 547. The topological polar surface area (TPSA) is 37.4 Å². The molecular formula is C12H15BrFNO2S. The summed E-state index contributed by atoms with van der Waals surface area (Å²) in [4.78, 5) is 0.0253. The second-order valence-electron chi connectivity index (χ2n) is 4.69. The maximum absolute atomic E-state index is 13.4. The first kappa shape index (κ1) is 14.0. The molecule has 1 aliphatic rings. The Morgan fingerprint density at radius 1 is 1.44 bits per heavy atom. The molecule has 0 saturated carbocycles. The minimum Gasteiger partial charge on any atom is -0.207 e. The summed E-state index contributed by atoms with van der Waals surface area (Å²) in [6, 6.07) is 3.93. The van der Waals surface area contributed by atoms with Gasteiger partial charge >= 0.3 is 0 Å². The predicted octanol–water partition coefficient (Wildman–Crippen LogP) is 3.01. The summed E-state index contributed by atoms with van der Waals surface area (Å²) < 4.78 is 39.8. The molecule has 1 saturated heterocycles. The van der Waals surface area contributed by atoms with Crippen molar-refractivity contribution in [3.8, 4) is 0 Å². The van der Waals surface area contributed by atoms with Crippen LogP contribution in [0.4, 0.5) is 4.39 Å². The summed E-state index contributed by atoms with van der Waals surface area (Å²) >= 11 is 3.02. The maximum Gasteiger partial charge on any atom is 0.243 e. The third-order valence-corrected chi connectivity index (χ3v) is 5.65. The zero-order valence-corrected chi connectivity index (χ0v) is 12.5. The highest BCUT2D eigenvalue weighted by atomic mass is 79.9. The third-order valence-electron chi connectivity index (χ3n) is 3.15. The lowest BCUT2D eigenvalue weighted by Gasteiger charge is -2.30. The van der Waals surface area contributed by atoms with E-state index in [1.54, 1.807) is 0 Å². The van der Waals surface area contributed by atoms with Crippen molar-refractivity contribution in [1.29, 1.82) is 0 Å². The highest BCUT2D eigenvalue weighted by Gasteiger charge is 2.28. The van der Waals surface area contributed by atoms with Crippen LogP contribution in [0.3, 0.4) is 0 Å². The Morgan fingerprint density at radius 2 is 2.17 bits per heavy atom. The average Bonchev–Trinajstić information content (AvgIpc) is 2.32. The van der Waals surface area contributed by atoms with Crippen LogP contribution in [0.2, 0.25) is 0 Å². The van der Waals surface area contributed by atoms with Crippen molar-refractivity contribution < 1.29 is 12.8 Å². The van der Waals surface area contributed by atoms with E-state index >= 15 is 0 Å². The molecule has 0 spiro atoms. The van der Waals surface area contributed by atoms with Gasteiger partial charge < -0.3 is 0 Å². The van der Waals surface area contributed by atoms with Crippen molar-refractivity contribution in [1.82, 2.24) is 4.31 Å². The van der Waals surface area contributed by atoms with Crippen molar-refractivity contribution in [3.05, 3.63) is 28.5 Å². The van der Waals surface area contributed by atoms with Gasteiger partial charge in [-0.25, -0.2) is 12.8 Å². The molecule has 0 radical (unpaired) electrons. The first-order valence-electron chi connectivity index (χ1n) is 5.86. The van der Waals surface area contributed by atoms with Crippen LogP contribution < -0.4 is 0 Å². The number of benzene rings is 1. The Morgan fingerprint density at radius 3 is 2.78 bits per heavy atom. The van der Waals surface area contributed by atoms with E-state index in [1.165, 1.54) is 16.4 Å². The van der Waals surface area contributed by atoms with Crippen LogP contribution in [-0.4, -0.2) is 25.8 Å². The van der Waals surface area contributed by atoms with Gasteiger partial charge in [0.1, 0.15) is 5.82 Å². The molecule has 2 rings (SSSR count). The van der Waals surface area contributed by atoms with Gasteiger partial charge in [0.05, 0.1) is 9.37 Å². The second-order valence-corrected chi connectivity index (χ2v) is 7.48. The lowest BCUT2D eigenvalue weighted by molar-refractivity contribution is 0.281. The molecule has 0 N–H and O–H groups in total. The molecule has 0 aromatic heterocycles. The molecule has 18 heavy (non-hydrogen) atoms. The molecule has 6 heteroatoms. The molecule has 0 aliphatic carbocycles. The molecule has 3 nitrogen and oxygen atoms in total. The molecule has 1 aromatic rings. The summed E-state index contributed by atoms with van der Waals surface area (Å²) in [5.74, 6) is -0.199. The van der Waals surface area contributed by atoms with Gasteiger partial charge in [-0.1, -0.05) is 6.92 Å². The molecule has 0 amide bonds. The number of nitrogens with zero attached hydrogens (tertiary/aromatic N) is 1. The van der Waals surface area contributed by atoms with E-state index < -0.39 is 15.8 Å². The molecule has 0 bridgehead atoms. The molecule has 1 atom stereocenters. The first-order chi connectivity index (χ1) is 8.41. The quantitative estimate of drug-likeness (QED) is 0.833. The molecule has 1 aliphatic heterocycles. The van der Waals surface area contributed by atoms with E-state index in [-0.39, 0.29) is 9.37 Å². The molecule has 1 fully saturated rings. The number of hydrogen-bond donors (Lipinski definition) is 0. The van der Waals surface area contributed by atoms with Crippen LogP contribution in [0.25, 0.3) is 0 Å². The zero-order chi connectivity index (χ0) is 13.3. The number of rotatable bonds is 2. The van der Waals surface area contributed by atoms with Gasteiger partial charge in [0, 0.05) is 13.1 Å². The summed E-state index contributed by atoms with van der Waals surface area (Å²) in [7, 11) is -3.56. The monoisotopic (exact) mass is 335 g/mol. The van der Waals surface area contributed by atoms with Gasteiger partial charge in [-0.2, -0.15) is 4.31 Å². The van der Waals surface area contributed by atoms with E-state index in [0.717, 1.165) is 18.9 Å². The highest BCUT2D eigenvalue weighted by Crippen LogP contribution is 2.25. The highest BCUT2D eigenvalue weighted by molar-refractivity contribution is 9.10. The van der Waals surface area contributed by atoms with Crippen molar-refractivity contribution in [2.24, 2.45) is 5.92 Å². The van der Waals surface area contributed by atoms with E-state index in [9.17, 15) is 12.8 Å². The first-order valence-corrected chi connectivity index (χ1v) is 8.10. The van der Waals surface area contributed by atoms with Gasteiger partial charge in [0.2, 0.25) is 10.0 Å². The normalized spacial score (nSPS) is 22.1. The van der Waals surface area contributed by atoms with Crippen molar-refractivity contribution in [2.45, 2.75) is 24.7 Å². The average molecular weight is 336 g/mol. The van der Waals surface area contributed by atoms with E-state index in [0.29, 0.717) is 19.0 Å². The predicted molar refractivity (Wildman–Crippen MR) is 71.3 cm³/mol. The Labute approximate surface area is 115 Å². The van der Waals surface area contributed by atoms with Gasteiger partial charge in [-0.05, 0) is 52.9 Å². The van der Waals surface area contributed by atoms with E-state index in [2.05, 4.69) is 15.9 Å². The fourth-order valence-corrected chi connectivity index (χ4v) is 4.01. The van der Waals surface area contributed by atoms with Gasteiger partial charge in [-0.3, -0.25) is 0 Å². The fourth-order valence-electron chi connectivity index (χ4n) is 2.15. The third kappa shape index (κ3) is 2.75. The molecule has 1 heterocycles. The SMILES string of the molecule is CC1CCCN(S(=O)(=O)c2ccc(Br)c(F)c2)C1. The lowest BCUT2D eigenvalue weighted by atomic mass is 10.0. The molecular weight excluding hydrogens is 321 g/mol. The smallest absolute Gasteiger partial charge is 0.207 e. The molecule has 100 valence electrons. The van der Waals surface area contributed by atoms with Gasteiger partial charge in [0.25, 0.3) is 0 Å². The second kappa shape index (κ2) is 5.27.